The van der Waals surface area contributed by atoms with Crippen molar-refractivity contribution in [1.29, 1.82) is 0 Å². The number of carbonyl (C=O) groups excluding carboxylic acids is 2. The minimum Gasteiger partial charge on any atom is -0.390 e. The fourth-order valence-electron chi connectivity index (χ4n) is 5.53. The minimum absolute atomic E-state index is 0.205. The van der Waals surface area contributed by atoms with Gasteiger partial charge in [0.2, 0.25) is 0 Å². The van der Waals surface area contributed by atoms with E-state index in [9.17, 15) is 30.0 Å². The molecule has 0 heterocycles. The van der Waals surface area contributed by atoms with Gasteiger partial charge >= 0.3 is 0 Å². The van der Waals surface area contributed by atoms with E-state index in [2.05, 4.69) is 22.5 Å². The molecule has 0 unspecified atom stereocenters. The van der Waals surface area contributed by atoms with Gasteiger partial charge in [-0.1, -0.05) is 72.5 Å². The van der Waals surface area contributed by atoms with Gasteiger partial charge in [0.05, 0.1) is 37.5 Å². The van der Waals surface area contributed by atoms with E-state index in [-0.39, 0.29) is 13.2 Å². The number of hydrogen-bond acceptors (Lipinski definition) is 8. The van der Waals surface area contributed by atoms with Crippen molar-refractivity contribution in [1.82, 2.24) is 10.6 Å². The van der Waals surface area contributed by atoms with Crippen molar-refractivity contribution in [3.63, 3.8) is 0 Å². The third-order valence-corrected chi connectivity index (χ3v) is 7.66. The van der Waals surface area contributed by atoms with Crippen LogP contribution in [0.4, 0.5) is 0 Å². The molecule has 0 fully saturated rings. The second kappa shape index (κ2) is 15.5. The van der Waals surface area contributed by atoms with Crippen LogP contribution in [0.15, 0.2) is 72.8 Å². The summed E-state index contributed by atoms with van der Waals surface area (Å²) in [6.07, 6.45) is 7.48. The molecule has 0 aromatic heterocycles. The van der Waals surface area contributed by atoms with E-state index >= 15 is 0 Å². The summed E-state index contributed by atoms with van der Waals surface area (Å²) in [6.45, 7) is -0.410. The summed E-state index contributed by atoms with van der Waals surface area (Å²) in [6, 6.07) is 12.9. The zero-order valence-corrected chi connectivity index (χ0v) is 24.0. The smallest absolute Gasteiger partial charge is 0.252 e. The van der Waals surface area contributed by atoms with Crippen LogP contribution in [0, 0.1) is 24.7 Å². The Labute approximate surface area is 256 Å². The van der Waals surface area contributed by atoms with Crippen molar-refractivity contribution in [2.45, 2.75) is 61.5 Å². The van der Waals surface area contributed by atoms with Gasteiger partial charge in [-0.2, -0.15) is 0 Å². The number of hydrogen-bond donors (Lipinski definition) is 6. The molecule has 2 aromatic rings. The summed E-state index contributed by atoms with van der Waals surface area (Å²) in [7, 11) is 0. The largest absolute Gasteiger partial charge is 0.390 e. The van der Waals surface area contributed by atoms with Crippen LogP contribution in [0.3, 0.4) is 0 Å². The van der Waals surface area contributed by atoms with Gasteiger partial charge in [0.1, 0.15) is 12.2 Å². The van der Waals surface area contributed by atoms with Gasteiger partial charge in [0.15, 0.2) is 12.2 Å². The van der Waals surface area contributed by atoms with E-state index in [1.807, 2.05) is 24.3 Å². The highest BCUT2D eigenvalue weighted by atomic mass is 16.5. The molecular weight excluding hydrogens is 564 g/mol. The Kier molecular flexibility index (Phi) is 11.5. The van der Waals surface area contributed by atoms with Crippen LogP contribution in [0.25, 0.3) is 0 Å². The lowest BCUT2D eigenvalue weighted by Crippen LogP contribution is -2.57. The van der Waals surface area contributed by atoms with Crippen LogP contribution in [0.5, 0.6) is 0 Å². The van der Waals surface area contributed by atoms with E-state index in [0.717, 1.165) is 11.1 Å². The highest BCUT2D eigenvalue weighted by Crippen LogP contribution is 2.33. The number of benzene rings is 2. The van der Waals surface area contributed by atoms with Gasteiger partial charge in [-0.3, -0.25) is 9.59 Å². The minimum atomic E-state index is -1.98. The number of amides is 2. The number of aliphatic hydroxyl groups excluding tert-OH is 4. The van der Waals surface area contributed by atoms with E-state index < -0.39 is 60.5 Å². The molecule has 2 aromatic carbocycles. The van der Waals surface area contributed by atoms with Crippen molar-refractivity contribution in [3.8, 4) is 24.7 Å². The zero-order valence-electron chi connectivity index (χ0n) is 24.0. The molecule has 2 amide bonds. The van der Waals surface area contributed by atoms with Crippen LogP contribution in [0.2, 0.25) is 0 Å². The van der Waals surface area contributed by atoms with Crippen molar-refractivity contribution >= 4 is 11.8 Å². The zero-order chi connectivity index (χ0) is 31.6. The highest BCUT2D eigenvalue weighted by molar-refractivity contribution is 5.84. The fourth-order valence-corrected chi connectivity index (χ4v) is 5.53. The SMILES string of the molecule is C#C/C=C/CO[C@@H](C(=O)N[C@H]1c2ccccc2C[C@H]1O)[C@H](O)[C@@H](O)[C@@H](OC/C=C/C#C)C(=O)N[C@H]1c2ccccc2C[C@H]1O. The number of aliphatic hydroxyl groups is 4. The third-order valence-electron chi connectivity index (χ3n) is 7.66. The van der Waals surface area contributed by atoms with Crippen molar-refractivity contribution < 1.29 is 39.5 Å². The molecule has 0 bridgehead atoms. The van der Waals surface area contributed by atoms with Gasteiger partial charge in [-0.05, 0) is 34.4 Å². The van der Waals surface area contributed by atoms with Crippen molar-refractivity contribution in [3.05, 3.63) is 95.1 Å². The first-order chi connectivity index (χ1) is 21.3. The molecule has 4 rings (SSSR count). The molecule has 0 spiro atoms. The Balaban J connectivity index is 1.56. The van der Waals surface area contributed by atoms with Crippen molar-refractivity contribution in [2.75, 3.05) is 13.2 Å². The second-order valence-electron chi connectivity index (χ2n) is 10.5. The van der Waals surface area contributed by atoms with Gasteiger partial charge < -0.3 is 40.5 Å². The van der Waals surface area contributed by atoms with Gasteiger partial charge in [-0.15, -0.1) is 12.8 Å². The van der Waals surface area contributed by atoms with Crippen LogP contribution in [-0.4, -0.2) is 82.1 Å². The van der Waals surface area contributed by atoms with E-state index in [4.69, 9.17) is 22.3 Å². The maximum atomic E-state index is 13.5. The molecule has 8 atom stereocenters. The number of ether oxygens (including phenoxy) is 2. The average Bonchev–Trinajstić information content (AvgIpc) is 3.51. The first-order valence-electron chi connectivity index (χ1n) is 14.2. The molecular formula is C34H36N2O8. The predicted octanol–water partition coefficient (Wildman–Crippen LogP) is 0.406. The number of fused-ring (bicyclic) bond motifs is 2. The first kappa shape index (κ1) is 32.6. The topological polar surface area (TPSA) is 158 Å². The molecule has 6 N–H and O–H groups in total. The molecule has 10 nitrogen and oxygen atoms in total. The number of nitrogens with one attached hydrogen (secondary N) is 2. The number of allylic oxidation sites excluding steroid dienone is 2. The van der Waals surface area contributed by atoms with Gasteiger partial charge in [0, 0.05) is 12.8 Å². The summed E-state index contributed by atoms with van der Waals surface area (Å²) in [5, 5.41) is 49.3. The summed E-state index contributed by atoms with van der Waals surface area (Å²) in [5.74, 6) is 2.91. The monoisotopic (exact) mass is 600 g/mol. The van der Waals surface area contributed by atoms with E-state index in [0.29, 0.717) is 24.0 Å². The molecule has 0 saturated carbocycles. The summed E-state index contributed by atoms with van der Waals surface area (Å²) >= 11 is 0. The van der Waals surface area contributed by atoms with Crippen LogP contribution in [0.1, 0.15) is 34.3 Å². The van der Waals surface area contributed by atoms with Gasteiger partial charge in [-0.25, -0.2) is 0 Å². The first-order valence-corrected chi connectivity index (χ1v) is 14.2. The number of carbonyl (C=O) groups is 2. The lowest BCUT2D eigenvalue weighted by Gasteiger charge is -2.32. The molecule has 230 valence electrons. The molecule has 10 heteroatoms. The maximum absolute atomic E-state index is 13.5. The summed E-state index contributed by atoms with van der Waals surface area (Å²) < 4.78 is 11.3. The molecule has 0 saturated heterocycles. The fraction of sp³-hybridized carbons (Fsp3) is 0.353. The summed E-state index contributed by atoms with van der Waals surface area (Å²) in [4.78, 5) is 27.0. The van der Waals surface area contributed by atoms with E-state index in [1.54, 1.807) is 24.3 Å². The third kappa shape index (κ3) is 7.62. The Morgan fingerprint density at radius 2 is 1.16 bits per heavy atom. The molecule has 0 radical (unpaired) electrons. The average molecular weight is 601 g/mol. The predicted molar refractivity (Wildman–Crippen MR) is 162 cm³/mol. The number of rotatable bonds is 13. The Morgan fingerprint density at radius 3 is 1.55 bits per heavy atom. The Bertz CT molecular complexity index is 1350. The number of terminal acetylenes is 2. The van der Waals surface area contributed by atoms with Crippen LogP contribution >= 0.6 is 0 Å². The van der Waals surface area contributed by atoms with Crippen molar-refractivity contribution in [2.24, 2.45) is 0 Å². The quantitative estimate of drug-likeness (QED) is 0.181. The Morgan fingerprint density at radius 1 is 0.773 bits per heavy atom. The highest BCUT2D eigenvalue weighted by Gasteiger charge is 2.43. The standard InChI is InChI=1S/C34H36N2O8/c1-3-5-11-17-43-31(33(41)35-27-23-15-9-7-13-21(23)19-25(27)37)29(39)30(40)32(44-18-12-6-4-2)34(42)36-28-24-16-10-8-14-22(24)20-26(28)38/h1-2,5-16,25-32,37-40H,17-20H2,(H,35,41)(H,36,42)/b11-5+,12-6+/t25-,26-,27+,28+,29-,30-,31-,32-/m1/s1. The summed E-state index contributed by atoms with van der Waals surface area (Å²) in [5.41, 5.74) is 3.15. The van der Waals surface area contributed by atoms with E-state index in [1.165, 1.54) is 24.3 Å². The van der Waals surface area contributed by atoms with Crippen LogP contribution in [-0.2, 0) is 31.9 Å². The lowest BCUT2D eigenvalue weighted by molar-refractivity contribution is -0.166. The molecule has 0 aliphatic heterocycles. The van der Waals surface area contributed by atoms with Gasteiger partial charge in [0.25, 0.3) is 11.8 Å². The lowest BCUT2D eigenvalue weighted by atomic mass is 9.99. The molecule has 2 aliphatic rings. The Hall–Kier alpha value is -4.26. The molecule has 44 heavy (non-hydrogen) atoms. The maximum Gasteiger partial charge on any atom is 0.252 e. The van der Waals surface area contributed by atoms with Crippen LogP contribution < -0.4 is 10.6 Å². The normalized spacial score (nSPS) is 23.2. The molecule has 2 aliphatic carbocycles. The second-order valence-corrected chi connectivity index (χ2v) is 10.5.